The molecule has 0 aliphatic heterocycles. The number of nitrogens with two attached hydrogens (primary N) is 1. The summed E-state index contributed by atoms with van der Waals surface area (Å²) in [5.74, 6) is 0. The van der Waals surface area contributed by atoms with Crippen molar-refractivity contribution < 1.29 is 0 Å². The van der Waals surface area contributed by atoms with Crippen LogP contribution in [0.3, 0.4) is 0 Å². The molecule has 0 aromatic carbocycles. The molecule has 21 heavy (non-hydrogen) atoms. The maximum absolute atomic E-state index is 5.57. The van der Waals surface area contributed by atoms with Gasteiger partial charge in [0.05, 0.1) is 0 Å². The van der Waals surface area contributed by atoms with Crippen LogP contribution in [0.5, 0.6) is 0 Å². The number of hydrogen-bond acceptors (Lipinski definition) is 1. The van der Waals surface area contributed by atoms with Crippen molar-refractivity contribution in [3.63, 3.8) is 0 Å². The molecule has 0 amide bonds. The lowest BCUT2D eigenvalue weighted by atomic mass is 9.96. The molecule has 0 radical (unpaired) electrons. The highest BCUT2D eigenvalue weighted by Crippen LogP contribution is 2.22. The minimum absolute atomic E-state index is 0.531. The van der Waals surface area contributed by atoms with Gasteiger partial charge in [-0.2, -0.15) is 0 Å². The molecule has 0 fully saturated rings. The Balaban J connectivity index is 2.94. The fourth-order valence-corrected chi connectivity index (χ4v) is 1.92. The van der Waals surface area contributed by atoms with Crippen LogP contribution in [0.2, 0.25) is 0 Å². The van der Waals surface area contributed by atoms with Gasteiger partial charge in [0.25, 0.3) is 0 Å². The van der Waals surface area contributed by atoms with Crippen LogP contribution in [0.4, 0.5) is 0 Å². The maximum atomic E-state index is 5.57. The van der Waals surface area contributed by atoms with Crippen molar-refractivity contribution in [3.05, 3.63) is 96.2 Å². The van der Waals surface area contributed by atoms with E-state index in [1.807, 2.05) is 37.3 Å². The lowest BCUT2D eigenvalue weighted by Gasteiger charge is -2.10. The van der Waals surface area contributed by atoms with Gasteiger partial charge in [-0.15, -0.1) is 0 Å². The molecule has 2 N–H and O–H groups in total. The Bertz CT molecular complexity index is 548. The smallest absolute Gasteiger partial charge is 0.0110 e. The maximum Gasteiger partial charge on any atom is 0.0110 e. The molecule has 1 rings (SSSR count). The van der Waals surface area contributed by atoms with Crippen LogP contribution in [-0.2, 0) is 0 Å². The van der Waals surface area contributed by atoms with E-state index in [1.165, 1.54) is 5.57 Å². The fourth-order valence-electron chi connectivity index (χ4n) is 1.92. The number of allylic oxidation sites excluding steroid dienone is 13. The molecule has 1 heteroatoms. The van der Waals surface area contributed by atoms with Gasteiger partial charge < -0.3 is 5.73 Å². The van der Waals surface area contributed by atoms with Crippen LogP contribution in [0.25, 0.3) is 0 Å². The molecule has 1 nitrogen and oxygen atoms in total. The molecule has 0 bridgehead atoms. The van der Waals surface area contributed by atoms with Crippen molar-refractivity contribution in [3.8, 4) is 0 Å². The zero-order valence-electron chi connectivity index (χ0n) is 12.9. The Morgan fingerprint density at radius 1 is 1.19 bits per heavy atom. The van der Waals surface area contributed by atoms with Crippen LogP contribution in [0.15, 0.2) is 96.2 Å². The first-order chi connectivity index (χ1) is 10.2. The van der Waals surface area contributed by atoms with Gasteiger partial charge in [0.1, 0.15) is 0 Å². The van der Waals surface area contributed by atoms with Crippen LogP contribution in [0, 0.1) is 0 Å². The van der Waals surface area contributed by atoms with Crippen molar-refractivity contribution >= 4 is 0 Å². The molecule has 1 aliphatic carbocycles. The highest BCUT2D eigenvalue weighted by atomic mass is 14.5. The van der Waals surface area contributed by atoms with Crippen LogP contribution >= 0.6 is 0 Å². The monoisotopic (exact) mass is 279 g/mol. The molecule has 1 aliphatic rings. The topological polar surface area (TPSA) is 26.0 Å². The van der Waals surface area contributed by atoms with Gasteiger partial charge in [0.15, 0.2) is 0 Å². The van der Waals surface area contributed by atoms with E-state index in [0.717, 1.165) is 29.6 Å². The van der Waals surface area contributed by atoms with E-state index in [-0.39, 0.29) is 0 Å². The summed E-state index contributed by atoms with van der Waals surface area (Å²) in [5.41, 5.74) is 9.73. The molecule has 0 unspecified atom stereocenters. The second-order valence-electron chi connectivity index (χ2n) is 4.81. The third-order valence-electron chi connectivity index (χ3n) is 3.10. The average Bonchev–Trinajstić information content (AvgIpc) is 2.52. The summed E-state index contributed by atoms with van der Waals surface area (Å²) in [5, 5.41) is 0. The minimum Gasteiger partial charge on any atom is -0.327 e. The summed E-state index contributed by atoms with van der Waals surface area (Å²) >= 11 is 0. The first kappa shape index (κ1) is 16.9. The van der Waals surface area contributed by atoms with Crippen molar-refractivity contribution in [1.29, 1.82) is 0 Å². The first-order valence-corrected chi connectivity index (χ1v) is 7.32. The van der Waals surface area contributed by atoms with Gasteiger partial charge in [-0.25, -0.2) is 0 Å². The lowest BCUT2D eigenvalue weighted by Crippen LogP contribution is -1.95. The summed E-state index contributed by atoms with van der Waals surface area (Å²) in [6.07, 6.45) is 22.8. The molecule has 0 spiro atoms. The second-order valence-corrected chi connectivity index (χ2v) is 4.81. The number of hydrogen-bond donors (Lipinski definition) is 1. The standard InChI is InChI=1S/C20H25N/c1-4-5-7-11-17(2)18(3)16-20(14-10-15-21)19-12-8-6-9-13-19/h4-5,7-8,10-14,16H,2-3,6,9,15,21H2,1H3/b5-4-,11-7-,14-10-,20-16+. The van der Waals surface area contributed by atoms with E-state index in [2.05, 4.69) is 43.5 Å². The summed E-state index contributed by atoms with van der Waals surface area (Å²) in [7, 11) is 0. The largest absolute Gasteiger partial charge is 0.327 e. The Morgan fingerprint density at radius 3 is 2.62 bits per heavy atom. The van der Waals surface area contributed by atoms with Crippen LogP contribution in [0.1, 0.15) is 19.8 Å². The third kappa shape index (κ3) is 6.24. The van der Waals surface area contributed by atoms with E-state index < -0.39 is 0 Å². The zero-order chi connectivity index (χ0) is 15.5. The van der Waals surface area contributed by atoms with Crippen LogP contribution < -0.4 is 5.73 Å². The summed E-state index contributed by atoms with van der Waals surface area (Å²) < 4.78 is 0. The average molecular weight is 279 g/mol. The normalized spacial score (nSPS) is 16.1. The molecular weight excluding hydrogens is 254 g/mol. The number of rotatable bonds is 7. The molecule has 0 aromatic rings. The molecule has 0 aromatic heterocycles. The Labute approximate surface area is 128 Å². The molecule has 0 atom stereocenters. The molecule has 110 valence electrons. The quantitative estimate of drug-likeness (QED) is 0.656. The lowest BCUT2D eigenvalue weighted by molar-refractivity contribution is 1.02. The van der Waals surface area contributed by atoms with E-state index in [1.54, 1.807) is 0 Å². The van der Waals surface area contributed by atoms with E-state index >= 15 is 0 Å². The van der Waals surface area contributed by atoms with E-state index in [4.69, 9.17) is 5.73 Å². The summed E-state index contributed by atoms with van der Waals surface area (Å²) in [6, 6.07) is 0. The second kappa shape index (κ2) is 9.73. The SMILES string of the molecule is C=C(/C=C\C=C/C)C(=C)/C=C(\C=C/CN)C1=CCCC=C1. The highest BCUT2D eigenvalue weighted by molar-refractivity contribution is 5.54. The van der Waals surface area contributed by atoms with Crippen molar-refractivity contribution in [1.82, 2.24) is 0 Å². The van der Waals surface area contributed by atoms with Gasteiger partial charge >= 0.3 is 0 Å². The van der Waals surface area contributed by atoms with E-state index in [0.29, 0.717) is 6.54 Å². The molecular formula is C20H25N. The Hall–Kier alpha value is -2.12. The first-order valence-electron chi connectivity index (χ1n) is 7.32. The summed E-state index contributed by atoms with van der Waals surface area (Å²) in [4.78, 5) is 0. The van der Waals surface area contributed by atoms with Gasteiger partial charge in [0, 0.05) is 6.54 Å². The molecule has 0 saturated carbocycles. The van der Waals surface area contributed by atoms with Crippen molar-refractivity contribution in [2.45, 2.75) is 19.8 Å². The van der Waals surface area contributed by atoms with Crippen molar-refractivity contribution in [2.24, 2.45) is 5.73 Å². The Morgan fingerprint density at radius 2 is 2.00 bits per heavy atom. The molecule has 0 heterocycles. The van der Waals surface area contributed by atoms with Crippen molar-refractivity contribution in [2.75, 3.05) is 6.54 Å². The van der Waals surface area contributed by atoms with Gasteiger partial charge in [-0.3, -0.25) is 0 Å². The summed E-state index contributed by atoms with van der Waals surface area (Å²) in [6.45, 7) is 10.7. The third-order valence-corrected chi connectivity index (χ3v) is 3.10. The van der Waals surface area contributed by atoms with Gasteiger partial charge in [-0.1, -0.05) is 67.8 Å². The zero-order valence-corrected chi connectivity index (χ0v) is 12.9. The minimum atomic E-state index is 0.531. The van der Waals surface area contributed by atoms with Gasteiger partial charge in [-0.05, 0) is 48.1 Å². The molecule has 0 saturated heterocycles. The predicted molar refractivity (Wildman–Crippen MR) is 95.0 cm³/mol. The van der Waals surface area contributed by atoms with E-state index in [9.17, 15) is 0 Å². The van der Waals surface area contributed by atoms with Crippen LogP contribution in [-0.4, -0.2) is 6.54 Å². The Kier molecular flexibility index (Phi) is 7.85. The van der Waals surface area contributed by atoms with Gasteiger partial charge in [0.2, 0.25) is 0 Å². The predicted octanol–water partition coefficient (Wildman–Crippen LogP) is 4.95. The fraction of sp³-hybridized carbons (Fsp3) is 0.200. The highest BCUT2D eigenvalue weighted by Gasteiger charge is 2.03.